The maximum atomic E-state index is 11.3. The van der Waals surface area contributed by atoms with E-state index in [4.69, 9.17) is 4.74 Å². The molecule has 1 heterocycles. The van der Waals surface area contributed by atoms with Crippen LogP contribution in [0, 0.1) is 0 Å². The first-order valence-electron chi connectivity index (χ1n) is 4.33. The normalized spacial score (nSPS) is 25.8. The molecular weight excluding hydrogens is 156 g/mol. The summed E-state index contributed by atoms with van der Waals surface area (Å²) in [7, 11) is 1.69. The summed E-state index contributed by atoms with van der Waals surface area (Å²) in [6.07, 6.45) is 2.18. The van der Waals surface area contributed by atoms with Gasteiger partial charge < -0.3 is 15.0 Å². The van der Waals surface area contributed by atoms with Gasteiger partial charge in [-0.2, -0.15) is 0 Å². The quantitative estimate of drug-likeness (QED) is 0.657. The fourth-order valence-corrected chi connectivity index (χ4v) is 1.83. The number of urea groups is 1. The summed E-state index contributed by atoms with van der Waals surface area (Å²) in [5.74, 6) is 0. The number of hydrogen-bond acceptors (Lipinski definition) is 2. The molecule has 4 heteroatoms. The molecule has 2 fully saturated rings. The van der Waals surface area contributed by atoms with Crippen LogP contribution in [0.3, 0.4) is 0 Å². The number of carbonyl (C=O) groups excluding carboxylic acids is 1. The third-order valence-electron chi connectivity index (χ3n) is 2.67. The predicted molar refractivity (Wildman–Crippen MR) is 43.9 cm³/mol. The topological polar surface area (TPSA) is 41.6 Å². The molecule has 12 heavy (non-hydrogen) atoms. The molecule has 0 atom stereocenters. The zero-order valence-electron chi connectivity index (χ0n) is 7.30. The Kier molecular flexibility index (Phi) is 1.72. The average molecular weight is 170 g/mol. The van der Waals surface area contributed by atoms with Gasteiger partial charge in [-0.3, -0.25) is 0 Å². The molecule has 0 bridgehead atoms. The van der Waals surface area contributed by atoms with Gasteiger partial charge in [-0.25, -0.2) is 4.79 Å². The van der Waals surface area contributed by atoms with E-state index in [0.29, 0.717) is 6.61 Å². The minimum Gasteiger partial charge on any atom is -0.382 e. The van der Waals surface area contributed by atoms with Gasteiger partial charge in [0.05, 0.1) is 12.1 Å². The maximum Gasteiger partial charge on any atom is 0.318 e. The van der Waals surface area contributed by atoms with Gasteiger partial charge >= 0.3 is 6.03 Å². The van der Waals surface area contributed by atoms with E-state index in [-0.39, 0.29) is 11.6 Å². The number of hydrogen-bond donors (Lipinski definition) is 1. The molecule has 1 aliphatic heterocycles. The van der Waals surface area contributed by atoms with E-state index in [9.17, 15) is 4.79 Å². The number of amides is 2. The van der Waals surface area contributed by atoms with Crippen molar-refractivity contribution < 1.29 is 9.53 Å². The number of nitrogens with one attached hydrogen (secondary N) is 1. The smallest absolute Gasteiger partial charge is 0.318 e. The van der Waals surface area contributed by atoms with Gasteiger partial charge in [0.2, 0.25) is 0 Å². The van der Waals surface area contributed by atoms with Crippen LogP contribution in [0.1, 0.15) is 12.8 Å². The van der Waals surface area contributed by atoms with Gasteiger partial charge in [-0.1, -0.05) is 0 Å². The van der Waals surface area contributed by atoms with Crippen molar-refractivity contribution in [3.05, 3.63) is 0 Å². The standard InChI is InChI=1S/C8H14N2O2/c1-12-6-8(2-3-8)10-5-4-9-7(10)11/h2-6H2,1H3,(H,9,11). The fraction of sp³-hybridized carbons (Fsp3) is 0.875. The van der Waals surface area contributed by atoms with Gasteiger partial charge in [0.1, 0.15) is 0 Å². The molecule has 2 rings (SSSR count). The minimum absolute atomic E-state index is 0.0509. The van der Waals surface area contributed by atoms with Gasteiger partial charge in [-0.05, 0) is 12.8 Å². The zero-order chi connectivity index (χ0) is 8.60. The van der Waals surface area contributed by atoms with Crippen LogP contribution in [0.15, 0.2) is 0 Å². The Balaban J connectivity index is 2.02. The van der Waals surface area contributed by atoms with E-state index in [1.165, 1.54) is 0 Å². The van der Waals surface area contributed by atoms with E-state index >= 15 is 0 Å². The monoisotopic (exact) mass is 170 g/mol. The second-order valence-electron chi connectivity index (χ2n) is 3.54. The average Bonchev–Trinajstić information content (AvgIpc) is 2.68. The second kappa shape index (κ2) is 2.62. The lowest BCUT2D eigenvalue weighted by atomic mass is 10.2. The van der Waals surface area contributed by atoms with Crippen LogP contribution in [0.25, 0.3) is 0 Å². The highest BCUT2D eigenvalue weighted by Crippen LogP contribution is 2.42. The molecule has 0 aromatic heterocycles. The Labute approximate surface area is 71.9 Å². The van der Waals surface area contributed by atoms with Crippen LogP contribution in [0.5, 0.6) is 0 Å². The lowest BCUT2D eigenvalue weighted by Crippen LogP contribution is -2.42. The molecule has 0 aromatic carbocycles. The Morgan fingerprint density at radius 1 is 1.67 bits per heavy atom. The summed E-state index contributed by atoms with van der Waals surface area (Å²) in [6, 6.07) is 0.0737. The molecule has 1 N–H and O–H groups in total. The van der Waals surface area contributed by atoms with Crippen molar-refractivity contribution in [1.82, 2.24) is 10.2 Å². The van der Waals surface area contributed by atoms with Crippen molar-refractivity contribution >= 4 is 6.03 Å². The van der Waals surface area contributed by atoms with Crippen molar-refractivity contribution in [3.63, 3.8) is 0 Å². The van der Waals surface area contributed by atoms with Crippen LogP contribution < -0.4 is 5.32 Å². The van der Waals surface area contributed by atoms with E-state index in [1.54, 1.807) is 7.11 Å². The zero-order valence-corrected chi connectivity index (χ0v) is 7.30. The number of nitrogens with zero attached hydrogens (tertiary/aromatic N) is 1. The molecule has 1 saturated heterocycles. The summed E-state index contributed by atoms with van der Waals surface area (Å²) < 4.78 is 5.11. The summed E-state index contributed by atoms with van der Waals surface area (Å²) in [5.41, 5.74) is 0.0509. The Morgan fingerprint density at radius 3 is 2.83 bits per heavy atom. The van der Waals surface area contributed by atoms with Crippen LogP contribution in [0.2, 0.25) is 0 Å². The number of ether oxygens (including phenoxy) is 1. The summed E-state index contributed by atoms with van der Waals surface area (Å²) in [4.78, 5) is 13.2. The van der Waals surface area contributed by atoms with Crippen LogP contribution in [-0.4, -0.2) is 43.3 Å². The molecule has 2 amide bonds. The first-order valence-corrected chi connectivity index (χ1v) is 4.33. The third kappa shape index (κ3) is 1.06. The molecule has 4 nitrogen and oxygen atoms in total. The number of rotatable bonds is 3. The molecular formula is C8H14N2O2. The SMILES string of the molecule is COCC1(N2CCNC2=O)CC1. The van der Waals surface area contributed by atoms with Gasteiger partial charge in [-0.15, -0.1) is 0 Å². The molecule has 0 radical (unpaired) electrons. The summed E-state index contributed by atoms with van der Waals surface area (Å²) >= 11 is 0. The first-order chi connectivity index (χ1) is 5.78. The predicted octanol–water partition coefficient (Wildman–Crippen LogP) is 0.191. The van der Waals surface area contributed by atoms with E-state index in [2.05, 4.69) is 5.32 Å². The second-order valence-corrected chi connectivity index (χ2v) is 3.54. The number of carbonyl (C=O) groups is 1. The first kappa shape index (κ1) is 7.86. The summed E-state index contributed by atoms with van der Waals surface area (Å²) in [5, 5.41) is 2.81. The van der Waals surface area contributed by atoms with Crippen molar-refractivity contribution in [3.8, 4) is 0 Å². The largest absolute Gasteiger partial charge is 0.382 e. The van der Waals surface area contributed by atoms with Gasteiger partial charge in [0.25, 0.3) is 0 Å². The van der Waals surface area contributed by atoms with Crippen molar-refractivity contribution in [2.75, 3.05) is 26.8 Å². The fourth-order valence-electron chi connectivity index (χ4n) is 1.83. The van der Waals surface area contributed by atoms with E-state index in [0.717, 1.165) is 25.9 Å². The highest BCUT2D eigenvalue weighted by atomic mass is 16.5. The minimum atomic E-state index is 0.0509. The molecule has 0 spiro atoms. The molecule has 1 saturated carbocycles. The van der Waals surface area contributed by atoms with Crippen molar-refractivity contribution in [1.29, 1.82) is 0 Å². The maximum absolute atomic E-state index is 11.3. The molecule has 2 aliphatic rings. The van der Waals surface area contributed by atoms with Gasteiger partial charge in [0.15, 0.2) is 0 Å². The van der Waals surface area contributed by atoms with Crippen LogP contribution in [-0.2, 0) is 4.74 Å². The Morgan fingerprint density at radius 2 is 2.42 bits per heavy atom. The third-order valence-corrected chi connectivity index (χ3v) is 2.67. The molecule has 0 aromatic rings. The van der Waals surface area contributed by atoms with E-state index in [1.807, 2.05) is 4.90 Å². The Hall–Kier alpha value is -0.770. The lowest BCUT2D eigenvalue weighted by Gasteiger charge is -2.25. The van der Waals surface area contributed by atoms with Gasteiger partial charge in [0, 0.05) is 20.2 Å². The summed E-state index contributed by atoms with van der Waals surface area (Å²) in [6.45, 7) is 2.30. The molecule has 1 aliphatic carbocycles. The van der Waals surface area contributed by atoms with Crippen molar-refractivity contribution in [2.45, 2.75) is 18.4 Å². The van der Waals surface area contributed by atoms with Crippen molar-refractivity contribution in [2.24, 2.45) is 0 Å². The highest BCUT2D eigenvalue weighted by Gasteiger charge is 2.51. The molecule has 68 valence electrons. The molecule has 0 unspecified atom stereocenters. The van der Waals surface area contributed by atoms with E-state index < -0.39 is 0 Å². The van der Waals surface area contributed by atoms with Crippen LogP contribution >= 0.6 is 0 Å². The number of methoxy groups -OCH3 is 1. The van der Waals surface area contributed by atoms with Crippen LogP contribution in [0.4, 0.5) is 4.79 Å². The lowest BCUT2D eigenvalue weighted by molar-refractivity contribution is 0.103. The Bertz CT molecular complexity index is 201. The highest BCUT2D eigenvalue weighted by molar-refractivity contribution is 5.77.